The fourth-order valence-corrected chi connectivity index (χ4v) is 2.95. The largest absolute Gasteiger partial charge is 0.484 e. The quantitative estimate of drug-likeness (QED) is 0.865. The molecule has 0 bridgehead atoms. The molecule has 22 heavy (non-hydrogen) atoms. The summed E-state index contributed by atoms with van der Waals surface area (Å²) < 4.78 is 5.64. The van der Waals surface area contributed by atoms with Gasteiger partial charge in [-0.05, 0) is 49.9 Å². The highest BCUT2D eigenvalue weighted by Gasteiger charge is 2.24. The van der Waals surface area contributed by atoms with Gasteiger partial charge in [-0.25, -0.2) is 0 Å². The lowest BCUT2D eigenvalue weighted by Gasteiger charge is -2.31. The standard InChI is InChI=1S/C19H21NO2/c1-14-8-10-17(11-9-14)22-13-18(21)20-12-4-7-16-6-3-5-15(2)19(16)20/h3,5-6,8-11H,4,7,12-13H2,1-2H3. The Hall–Kier alpha value is -2.29. The molecule has 0 unspecified atom stereocenters. The van der Waals surface area contributed by atoms with Crippen molar-refractivity contribution in [3.8, 4) is 5.75 Å². The van der Waals surface area contributed by atoms with E-state index < -0.39 is 0 Å². The van der Waals surface area contributed by atoms with Crippen molar-refractivity contribution in [2.24, 2.45) is 0 Å². The molecule has 3 rings (SSSR count). The molecule has 0 radical (unpaired) electrons. The third-order valence-corrected chi connectivity index (χ3v) is 4.10. The van der Waals surface area contributed by atoms with Crippen LogP contribution in [0.3, 0.4) is 0 Å². The third-order valence-electron chi connectivity index (χ3n) is 4.10. The molecule has 3 nitrogen and oxygen atoms in total. The summed E-state index contributed by atoms with van der Waals surface area (Å²) in [7, 11) is 0. The first-order chi connectivity index (χ1) is 10.6. The highest BCUT2D eigenvalue weighted by molar-refractivity contribution is 5.96. The molecule has 1 aliphatic rings. The van der Waals surface area contributed by atoms with Crippen LogP contribution in [0.1, 0.15) is 23.1 Å². The summed E-state index contributed by atoms with van der Waals surface area (Å²) in [5.41, 5.74) is 4.67. The average Bonchev–Trinajstić information content (AvgIpc) is 2.54. The van der Waals surface area contributed by atoms with Gasteiger partial charge in [0.1, 0.15) is 5.75 Å². The number of carbonyl (C=O) groups is 1. The van der Waals surface area contributed by atoms with Crippen LogP contribution in [0.5, 0.6) is 5.75 Å². The van der Waals surface area contributed by atoms with Crippen LogP contribution in [-0.2, 0) is 11.2 Å². The molecule has 1 amide bonds. The molecule has 0 fully saturated rings. The van der Waals surface area contributed by atoms with Crippen LogP contribution < -0.4 is 9.64 Å². The van der Waals surface area contributed by atoms with E-state index in [9.17, 15) is 4.79 Å². The van der Waals surface area contributed by atoms with Crippen molar-refractivity contribution in [1.29, 1.82) is 0 Å². The topological polar surface area (TPSA) is 29.5 Å². The summed E-state index contributed by atoms with van der Waals surface area (Å²) in [4.78, 5) is 14.4. The Morgan fingerprint density at radius 3 is 2.68 bits per heavy atom. The molecular weight excluding hydrogens is 274 g/mol. The van der Waals surface area contributed by atoms with Crippen molar-refractivity contribution < 1.29 is 9.53 Å². The Bertz CT molecular complexity index is 676. The van der Waals surface area contributed by atoms with E-state index in [1.54, 1.807) is 0 Å². The van der Waals surface area contributed by atoms with Gasteiger partial charge in [0.15, 0.2) is 6.61 Å². The number of anilines is 1. The summed E-state index contributed by atoms with van der Waals surface area (Å²) in [5, 5.41) is 0. The van der Waals surface area contributed by atoms with Gasteiger partial charge in [-0.2, -0.15) is 0 Å². The SMILES string of the molecule is Cc1ccc(OCC(=O)N2CCCc3cccc(C)c32)cc1. The van der Waals surface area contributed by atoms with Gasteiger partial charge in [0.05, 0.1) is 0 Å². The van der Waals surface area contributed by atoms with Gasteiger partial charge in [-0.3, -0.25) is 4.79 Å². The van der Waals surface area contributed by atoms with E-state index in [1.807, 2.05) is 36.1 Å². The van der Waals surface area contributed by atoms with E-state index in [0.29, 0.717) is 0 Å². The second kappa shape index (κ2) is 6.22. The highest BCUT2D eigenvalue weighted by atomic mass is 16.5. The van der Waals surface area contributed by atoms with Crippen molar-refractivity contribution >= 4 is 11.6 Å². The van der Waals surface area contributed by atoms with Crippen molar-refractivity contribution in [2.45, 2.75) is 26.7 Å². The van der Waals surface area contributed by atoms with Gasteiger partial charge in [0, 0.05) is 12.2 Å². The number of carbonyl (C=O) groups excluding carboxylic acids is 1. The zero-order valence-corrected chi connectivity index (χ0v) is 13.1. The number of hydrogen-bond donors (Lipinski definition) is 0. The minimum Gasteiger partial charge on any atom is -0.484 e. The zero-order valence-electron chi connectivity index (χ0n) is 13.1. The Morgan fingerprint density at radius 2 is 1.91 bits per heavy atom. The first-order valence-corrected chi connectivity index (χ1v) is 7.73. The summed E-state index contributed by atoms with van der Waals surface area (Å²) in [6.07, 6.45) is 2.05. The molecule has 0 spiro atoms. The number of fused-ring (bicyclic) bond motifs is 1. The second-order valence-electron chi connectivity index (χ2n) is 5.83. The van der Waals surface area contributed by atoms with E-state index in [2.05, 4.69) is 25.1 Å². The number of hydrogen-bond acceptors (Lipinski definition) is 2. The van der Waals surface area contributed by atoms with Crippen LogP contribution in [0, 0.1) is 13.8 Å². The van der Waals surface area contributed by atoms with Crippen LogP contribution in [0.2, 0.25) is 0 Å². The Morgan fingerprint density at radius 1 is 1.14 bits per heavy atom. The number of benzene rings is 2. The molecule has 0 atom stereocenters. The maximum Gasteiger partial charge on any atom is 0.264 e. The van der Waals surface area contributed by atoms with E-state index >= 15 is 0 Å². The molecule has 1 heterocycles. The average molecular weight is 295 g/mol. The number of nitrogens with zero attached hydrogens (tertiary/aromatic N) is 1. The highest BCUT2D eigenvalue weighted by Crippen LogP contribution is 2.30. The predicted molar refractivity (Wildman–Crippen MR) is 88.5 cm³/mol. The van der Waals surface area contributed by atoms with Crippen molar-refractivity contribution in [3.63, 3.8) is 0 Å². The molecule has 114 valence electrons. The zero-order chi connectivity index (χ0) is 15.5. The molecule has 2 aromatic rings. The summed E-state index contributed by atoms with van der Waals surface area (Å²) in [6, 6.07) is 14.0. The van der Waals surface area contributed by atoms with E-state index in [1.165, 1.54) is 11.1 Å². The third kappa shape index (κ3) is 2.98. The summed E-state index contributed by atoms with van der Waals surface area (Å²) in [5.74, 6) is 0.761. The van der Waals surface area contributed by atoms with Crippen molar-refractivity contribution in [3.05, 3.63) is 59.2 Å². The molecule has 0 saturated heterocycles. The van der Waals surface area contributed by atoms with Gasteiger partial charge in [-0.1, -0.05) is 35.9 Å². The number of rotatable bonds is 3. The lowest BCUT2D eigenvalue weighted by molar-refractivity contribution is -0.120. The van der Waals surface area contributed by atoms with Crippen LogP contribution >= 0.6 is 0 Å². The van der Waals surface area contributed by atoms with Crippen LogP contribution in [-0.4, -0.2) is 19.1 Å². The lowest BCUT2D eigenvalue weighted by atomic mass is 9.98. The Labute approximate surface area is 131 Å². The van der Waals surface area contributed by atoms with Crippen LogP contribution in [0.15, 0.2) is 42.5 Å². The number of amides is 1. The molecule has 0 saturated carbocycles. The summed E-state index contributed by atoms with van der Waals surface area (Å²) in [6.45, 7) is 4.94. The number of ether oxygens (including phenoxy) is 1. The molecule has 0 aliphatic carbocycles. The van der Waals surface area contributed by atoms with E-state index in [-0.39, 0.29) is 12.5 Å². The van der Waals surface area contributed by atoms with E-state index in [0.717, 1.165) is 36.4 Å². The maximum atomic E-state index is 12.6. The van der Waals surface area contributed by atoms with Crippen molar-refractivity contribution in [1.82, 2.24) is 0 Å². The van der Waals surface area contributed by atoms with Gasteiger partial charge in [0.2, 0.25) is 0 Å². The van der Waals surface area contributed by atoms with Gasteiger partial charge < -0.3 is 9.64 Å². The minimum absolute atomic E-state index is 0.0239. The lowest BCUT2D eigenvalue weighted by Crippen LogP contribution is -2.39. The fourth-order valence-electron chi connectivity index (χ4n) is 2.95. The molecule has 2 aromatic carbocycles. The maximum absolute atomic E-state index is 12.6. The summed E-state index contributed by atoms with van der Waals surface area (Å²) >= 11 is 0. The molecule has 0 N–H and O–H groups in total. The monoisotopic (exact) mass is 295 g/mol. The first-order valence-electron chi connectivity index (χ1n) is 7.73. The second-order valence-corrected chi connectivity index (χ2v) is 5.83. The molecule has 0 aromatic heterocycles. The molecule has 3 heteroatoms. The van der Waals surface area contributed by atoms with Crippen LogP contribution in [0.4, 0.5) is 5.69 Å². The number of aryl methyl sites for hydroxylation is 3. The number of para-hydroxylation sites is 1. The van der Waals surface area contributed by atoms with E-state index in [4.69, 9.17) is 4.74 Å². The van der Waals surface area contributed by atoms with Crippen LogP contribution in [0.25, 0.3) is 0 Å². The van der Waals surface area contributed by atoms with Gasteiger partial charge in [-0.15, -0.1) is 0 Å². The molecular formula is C19H21NO2. The van der Waals surface area contributed by atoms with Gasteiger partial charge in [0.25, 0.3) is 5.91 Å². The fraction of sp³-hybridized carbons (Fsp3) is 0.316. The minimum atomic E-state index is 0.0239. The normalized spacial score (nSPS) is 13.6. The predicted octanol–water partition coefficient (Wildman–Crippen LogP) is 3.66. The Kier molecular flexibility index (Phi) is 4.14. The van der Waals surface area contributed by atoms with Gasteiger partial charge >= 0.3 is 0 Å². The smallest absolute Gasteiger partial charge is 0.264 e. The molecule has 1 aliphatic heterocycles. The first kappa shape index (κ1) is 14.6. The van der Waals surface area contributed by atoms with Crippen molar-refractivity contribution in [2.75, 3.05) is 18.1 Å². The Balaban J connectivity index is 1.72.